The standard InChI is InChI=1S/C27H33N3O/c1-26(2,3)19-12-20-21-14-27(4,29-25(31)17-9-7-6-8-10-17)16-30(5)23(21)11-18-15-28-22(13-19)24(18)20/h6-10,12-13,15,21,23,28H,11,14,16H2,1-5H3,(H,29,31)/t21?,23-,27-/m1/s1. The Morgan fingerprint density at radius 1 is 1.19 bits per heavy atom. The van der Waals surface area contributed by atoms with Gasteiger partial charge in [0.1, 0.15) is 0 Å². The molecule has 2 aromatic carbocycles. The Bertz CT molecular complexity index is 1140. The van der Waals surface area contributed by atoms with Crippen molar-refractivity contribution in [1.29, 1.82) is 0 Å². The second kappa shape index (κ2) is 6.96. The number of H-pyrrole nitrogens is 1. The molecule has 1 aliphatic heterocycles. The molecule has 0 radical (unpaired) electrons. The number of amides is 1. The van der Waals surface area contributed by atoms with E-state index >= 15 is 0 Å². The summed E-state index contributed by atoms with van der Waals surface area (Å²) in [6.45, 7) is 9.90. The van der Waals surface area contributed by atoms with Gasteiger partial charge in [0.25, 0.3) is 5.91 Å². The third-order valence-corrected chi connectivity index (χ3v) is 7.34. The summed E-state index contributed by atoms with van der Waals surface area (Å²) in [6.07, 6.45) is 4.22. The summed E-state index contributed by atoms with van der Waals surface area (Å²) in [6, 6.07) is 14.8. The Kier molecular flexibility index (Phi) is 4.56. The number of aromatic amines is 1. The van der Waals surface area contributed by atoms with E-state index in [4.69, 9.17) is 0 Å². The van der Waals surface area contributed by atoms with Crippen molar-refractivity contribution in [2.75, 3.05) is 13.6 Å². The van der Waals surface area contributed by atoms with Gasteiger partial charge < -0.3 is 15.2 Å². The van der Waals surface area contributed by atoms with Crippen LogP contribution in [0.1, 0.15) is 67.1 Å². The molecule has 3 atom stereocenters. The first kappa shape index (κ1) is 20.3. The number of hydrogen-bond acceptors (Lipinski definition) is 2. The molecular formula is C27H33N3O. The van der Waals surface area contributed by atoms with Gasteiger partial charge in [-0.05, 0) is 67.1 Å². The van der Waals surface area contributed by atoms with Crippen LogP contribution in [-0.4, -0.2) is 41.0 Å². The summed E-state index contributed by atoms with van der Waals surface area (Å²) in [5, 5.41) is 4.79. The highest BCUT2D eigenvalue weighted by molar-refractivity contribution is 5.94. The van der Waals surface area contributed by atoms with Crippen molar-refractivity contribution in [2.45, 2.75) is 63.5 Å². The minimum Gasteiger partial charge on any atom is -0.361 e. The molecule has 4 nitrogen and oxygen atoms in total. The number of fused-ring (bicyclic) bond motifs is 2. The number of nitrogens with one attached hydrogen (secondary N) is 2. The van der Waals surface area contributed by atoms with Gasteiger partial charge in [-0.1, -0.05) is 45.0 Å². The maximum absolute atomic E-state index is 13.0. The number of rotatable bonds is 2. The molecule has 5 rings (SSSR count). The van der Waals surface area contributed by atoms with E-state index in [0.29, 0.717) is 12.0 Å². The van der Waals surface area contributed by atoms with Crippen LogP contribution in [0.5, 0.6) is 0 Å². The lowest BCUT2D eigenvalue weighted by Gasteiger charge is -2.50. The van der Waals surface area contributed by atoms with Gasteiger partial charge in [0.05, 0.1) is 5.54 Å². The topological polar surface area (TPSA) is 48.1 Å². The Hall–Kier alpha value is -2.59. The molecule has 162 valence electrons. The lowest BCUT2D eigenvalue weighted by molar-refractivity contribution is 0.0650. The fraction of sp³-hybridized carbons (Fsp3) is 0.444. The van der Waals surface area contributed by atoms with Crippen molar-refractivity contribution in [1.82, 2.24) is 15.2 Å². The lowest BCUT2D eigenvalue weighted by Crippen LogP contribution is -2.61. The minimum absolute atomic E-state index is 0.0154. The van der Waals surface area contributed by atoms with Crippen molar-refractivity contribution in [3.8, 4) is 0 Å². The van der Waals surface area contributed by atoms with Crippen LogP contribution in [0, 0.1) is 0 Å². The lowest BCUT2D eigenvalue weighted by atomic mass is 9.69. The van der Waals surface area contributed by atoms with Gasteiger partial charge in [-0.15, -0.1) is 0 Å². The van der Waals surface area contributed by atoms with Gasteiger partial charge >= 0.3 is 0 Å². The van der Waals surface area contributed by atoms with Crippen LogP contribution < -0.4 is 5.32 Å². The minimum atomic E-state index is -0.277. The van der Waals surface area contributed by atoms with Crippen LogP contribution in [0.15, 0.2) is 48.7 Å². The second-order valence-electron chi connectivity index (χ2n) is 10.9. The quantitative estimate of drug-likeness (QED) is 0.619. The number of piperidine rings is 1. The fourth-order valence-electron chi connectivity index (χ4n) is 5.79. The van der Waals surface area contributed by atoms with Crippen molar-refractivity contribution in [3.05, 3.63) is 70.9 Å². The van der Waals surface area contributed by atoms with Crippen LogP contribution in [-0.2, 0) is 11.8 Å². The predicted octanol–water partition coefficient (Wildman–Crippen LogP) is 5.00. The number of nitrogens with zero attached hydrogens (tertiary/aromatic N) is 1. The maximum Gasteiger partial charge on any atom is 0.251 e. The van der Waals surface area contributed by atoms with Gasteiger partial charge in [-0.2, -0.15) is 0 Å². The van der Waals surface area contributed by atoms with Gasteiger partial charge in [-0.3, -0.25) is 4.79 Å². The third kappa shape index (κ3) is 3.47. The molecule has 2 heterocycles. The molecule has 2 N–H and O–H groups in total. The maximum atomic E-state index is 13.0. The average Bonchev–Trinajstić information content (AvgIpc) is 3.12. The van der Waals surface area contributed by atoms with Crippen LogP contribution >= 0.6 is 0 Å². The first-order chi connectivity index (χ1) is 14.6. The predicted molar refractivity (Wildman–Crippen MR) is 127 cm³/mol. The van der Waals surface area contributed by atoms with E-state index < -0.39 is 0 Å². The highest BCUT2D eigenvalue weighted by atomic mass is 16.1. The van der Waals surface area contributed by atoms with Crippen LogP contribution in [0.3, 0.4) is 0 Å². The zero-order valence-corrected chi connectivity index (χ0v) is 19.3. The summed E-state index contributed by atoms with van der Waals surface area (Å²) < 4.78 is 0. The van der Waals surface area contributed by atoms with Crippen molar-refractivity contribution >= 4 is 16.8 Å². The molecule has 0 spiro atoms. The first-order valence-electron chi connectivity index (χ1n) is 11.4. The molecule has 31 heavy (non-hydrogen) atoms. The van der Waals surface area contributed by atoms with E-state index in [1.165, 1.54) is 27.6 Å². The molecule has 1 aliphatic carbocycles. The molecular weight excluding hydrogens is 382 g/mol. The Balaban J connectivity index is 1.53. The normalized spacial score (nSPS) is 26.0. The van der Waals surface area contributed by atoms with E-state index in [9.17, 15) is 4.79 Å². The van der Waals surface area contributed by atoms with Gasteiger partial charge in [-0.25, -0.2) is 0 Å². The monoisotopic (exact) mass is 415 g/mol. The molecule has 4 heteroatoms. The summed E-state index contributed by atoms with van der Waals surface area (Å²) >= 11 is 0. The molecule has 1 amide bonds. The highest BCUT2D eigenvalue weighted by Gasteiger charge is 2.45. The van der Waals surface area contributed by atoms with E-state index in [-0.39, 0.29) is 16.9 Å². The molecule has 0 bridgehead atoms. The summed E-state index contributed by atoms with van der Waals surface area (Å²) in [4.78, 5) is 19.0. The van der Waals surface area contributed by atoms with E-state index in [1.807, 2.05) is 30.3 Å². The van der Waals surface area contributed by atoms with Gasteiger partial charge in [0.15, 0.2) is 0 Å². The molecule has 0 saturated carbocycles. The molecule has 1 aromatic heterocycles. The van der Waals surface area contributed by atoms with Crippen molar-refractivity contribution in [2.24, 2.45) is 0 Å². The Morgan fingerprint density at radius 3 is 2.65 bits per heavy atom. The Labute approximate surface area is 185 Å². The largest absolute Gasteiger partial charge is 0.361 e. The van der Waals surface area contributed by atoms with E-state index in [2.05, 4.69) is 68.3 Å². The van der Waals surface area contributed by atoms with Gasteiger partial charge in [0.2, 0.25) is 0 Å². The SMILES string of the molecule is CN1C[C@](C)(NC(=O)c2ccccc2)CC2c3cc(C(C)(C)C)cc4[nH]cc(c34)C[C@H]21. The summed E-state index contributed by atoms with van der Waals surface area (Å²) in [5.74, 6) is 0.412. The molecule has 1 fully saturated rings. The van der Waals surface area contributed by atoms with Crippen LogP contribution in [0.2, 0.25) is 0 Å². The van der Waals surface area contributed by atoms with Gasteiger partial charge in [0, 0.05) is 41.2 Å². The van der Waals surface area contributed by atoms with Crippen molar-refractivity contribution in [3.63, 3.8) is 0 Å². The molecule has 2 aliphatic rings. The molecule has 1 saturated heterocycles. The van der Waals surface area contributed by atoms with Crippen molar-refractivity contribution < 1.29 is 4.79 Å². The first-order valence-corrected chi connectivity index (χ1v) is 11.4. The fourth-order valence-corrected chi connectivity index (χ4v) is 5.79. The number of carbonyl (C=O) groups is 1. The zero-order chi connectivity index (χ0) is 22.0. The Morgan fingerprint density at radius 2 is 1.94 bits per heavy atom. The smallest absolute Gasteiger partial charge is 0.251 e. The third-order valence-electron chi connectivity index (χ3n) is 7.34. The molecule has 3 aromatic rings. The summed E-state index contributed by atoms with van der Waals surface area (Å²) in [7, 11) is 2.21. The average molecular weight is 416 g/mol. The number of likely N-dealkylation sites (N-methyl/N-ethyl adjacent to an activating group) is 1. The number of likely N-dealkylation sites (tertiary alicyclic amines) is 1. The van der Waals surface area contributed by atoms with Crippen LogP contribution in [0.25, 0.3) is 10.9 Å². The van der Waals surface area contributed by atoms with E-state index in [0.717, 1.165) is 24.9 Å². The second-order valence-corrected chi connectivity index (χ2v) is 10.9. The van der Waals surface area contributed by atoms with E-state index in [1.54, 1.807) is 0 Å². The zero-order valence-electron chi connectivity index (χ0n) is 19.3. The van der Waals surface area contributed by atoms with Crippen LogP contribution in [0.4, 0.5) is 0 Å². The number of carbonyl (C=O) groups excluding carboxylic acids is 1. The number of hydrogen-bond donors (Lipinski definition) is 2. The summed E-state index contributed by atoms with van der Waals surface area (Å²) in [5.41, 5.74) is 6.03. The number of benzene rings is 2. The number of aromatic nitrogens is 1. The highest BCUT2D eigenvalue weighted by Crippen LogP contribution is 2.46. The molecule has 1 unspecified atom stereocenters.